The highest BCUT2D eigenvalue weighted by molar-refractivity contribution is 7.98. The molecule has 0 aromatic rings. The molecule has 0 spiro atoms. The van der Waals surface area contributed by atoms with Gasteiger partial charge >= 0.3 is 0 Å². The number of thioether (sulfide) groups is 1. The van der Waals surface area contributed by atoms with Crippen molar-refractivity contribution >= 4 is 11.8 Å². The normalized spacial score (nSPS) is 23.5. The lowest BCUT2D eigenvalue weighted by Crippen LogP contribution is -2.35. The summed E-state index contributed by atoms with van der Waals surface area (Å²) < 4.78 is 0. The molecule has 2 nitrogen and oxygen atoms in total. The van der Waals surface area contributed by atoms with Gasteiger partial charge in [-0.15, -0.1) is 0 Å². The minimum absolute atomic E-state index is 0.0768. The second-order valence-electron chi connectivity index (χ2n) is 3.11. The largest absolute Gasteiger partial charge is 0.392 e. The quantitative estimate of drug-likeness (QED) is 0.662. The van der Waals surface area contributed by atoms with Crippen LogP contribution in [0.4, 0.5) is 0 Å². The zero-order valence-corrected chi connectivity index (χ0v) is 7.86. The van der Waals surface area contributed by atoms with Crippen molar-refractivity contribution in [3.05, 3.63) is 0 Å². The van der Waals surface area contributed by atoms with Gasteiger partial charge in [0.05, 0.1) is 6.10 Å². The third kappa shape index (κ3) is 3.01. The van der Waals surface area contributed by atoms with Crippen LogP contribution in [0.5, 0.6) is 0 Å². The van der Waals surface area contributed by atoms with Crippen molar-refractivity contribution in [1.82, 2.24) is 5.32 Å². The molecule has 0 saturated carbocycles. The highest BCUT2D eigenvalue weighted by Gasteiger charge is 2.20. The average Bonchev–Trinajstić information content (AvgIpc) is 2.07. The van der Waals surface area contributed by atoms with Gasteiger partial charge in [-0.3, -0.25) is 0 Å². The number of aliphatic hydroxyl groups is 1. The van der Waals surface area contributed by atoms with Crippen LogP contribution in [0.3, 0.4) is 0 Å². The van der Waals surface area contributed by atoms with Crippen molar-refractivity contribution < 1.29 is 5.11 Å². The van der Waals surface area contributed by atoms with E-state index in [9.17, 15) is 5.11 Å². The minimum atomic E-state index is -0.0768. The lowest BCUT2D eigenvalue weighted by molar-refractivity contribution is 0.109. The molecule has 0 aliphatic carbocycles. The highest BCUT2D eigenvalue weighted by Crippen LogP contribution is 2.18. The third-order valence-corrected chi connectivity index (χ3v) is 2.94. The van der Waals surface area contributed by atoms with E-state index in [1.54, 1.807) is 11.8 Å². The van der Waals surface area contributed by atoms with E-state index in [1.807, 2.05) is 6.26 Å². The summed E-state index contributed by atoms with van der Waals surface area (Å²) in [6.45, 7) is 2.16. The number of aliphatic hydroxyl groups excluding tert-OH is 1. The molecule has 11 heavy (non-hydrogen) atoms. The van der Waals surface area contributed by atoms with Crippen molar-refractivity contribution in [2.75, 3.05) is 25.1 Å². The van der Waals surface area contributed by atoms with E-state index in [1.165, 1.54) is 0 Å². The van der Waals surface area contributed by atoms with Gasteiger partial charge in [-0.25, -0.2) is 0 Å². The van der Waals surface area contributed by atoms with Gasteiger partial charge in [0.25, 0.3) is 0 Å². The predicted molar refractivity (Wildman–Crippen MR) is 50.0 cm³/mol. The van der Waals surface area contributed by atoms with Crippen LogP contribution in [0.15, 0.2) is 0 Å². The molecule has 0 radical (unpaired) electrons. The van der Waals surface area contributed by atoms with Crippen molar-refractivity contribution in [1.29, 1.82) is 0 Å². The summed E-state index contributed by atoms with van der Waals surface area (Å²) in [5.41, 5.74) is 0. The molecular formula is C8H17NOS. The van der Waals surface area contributed by atoms with Crippen LogP contribution in [-0.2, 0) is 0 Å². The van der Waals surface area contributed by atoms with E-state index >= 15 is 0 Å². The maximum absolute atomic E-state index is 9.63. The number of hydrogen-bond donors (Lipinski definition) is 2. The number of nitrogens with one attached hydrogen (secondary N) is 1. The first kappa shape index (κ1) is 9.36. The Bertz CT molecular complexity index is 104. The van der Waals surface area contributed by atoms with Crippen molar-refractivity contribution in [2.24, 2.45) is 5.92 Å². The van der Waals surface area contributed by atoms with E-state index in [0.717, 1.165) is 31.7 Å². The molecule has 1 unspecified atom stereocenters. The van der Waals surface area contributed by atoms with Gasteiger partial charge in [0, 0.05) is 5.75 Å². The summed E-state index contributed by atoms with van der Waals surface area (Å²) >= 11 is 1.73. The second kappa shape index (κ2) is 5.01. The van der Waals surface area contributed by atoms with Crippen LogP contribution in [0.2, 0.25) is 0 Å². The summed E-state index contributed by atoms with van der Waals surface area (Å²) in [7, 11) is 0. The lowest BCUT2D eigenvalue weighted by Gasteiger charge is -2.26. The Labute approximate surface area is 72.8 Å². The number of hydrogen-bond acceptors (Lipinski definition) is 3. The van der Waals surface area contributed by atoms with E-state index in [4.69, 9.17) is 0 Å². The minimum Gasteiger partial charge on any atom is -0.392 e. The topological polar surface area (TPSA) is 32.3 Å². The zero-order valence-electron chi connectivity index (χ0n) is 7.05. The van der Waals surface area contributed by atoms with Gasteiger partial charge in [-0.2, -0.15) is 11.8 Å². The van der Waals surface area contributed by atoms with Crippen LogP contribution >= 0.6 is 11.8 Å². The fourth-order valence-electron chi connectivity index (χ4n) is 1.54. The summed E-state index contributed by atoms with van der Waals surface area (Å²) in [6.07, 6.45) is 4.25. The van der Waals surface area contributed by atoms with Crippen LogP contribution in [0.1, 0.15) is 12.8 Å². The number of rotatable bonds is 3. The molecule has 2 N–H and O–H groups in total. The summed E-state index contributed by atoms with van der Waals surface area (Å²) in [6, 6.07) is 0. The molecule has 0 bridgehead atoms. The summed E-state index contributed by atoms with van der Waals surface area (Å²) in [5, 5.41) is 12.9. The molecule has 1 aliphatic heterocycles. The summed E-state index contributed by atoms with van der Waals surface area (Å²) in [5.74, 6) is 1.44. The van der Waals surface area contributed by atoms with E-state index in [0.29, 0.717) is 5.92 Å². The standard InChI is InChI=1S/C8H17NOS/c1-11-6-8(10)7-2-4-9-5-3-7/h7-10H,2-6H2,1H3. The molecular weight excluding hydrogens is 158 g/mol. The first-order valence-electron chi connectivity index (χ1n) is 4.22. The fraction of sp³-hybridized carbons (Fsp3) is 1.00. The Kier molecular flexibility index (Phi) is 4.26. The molecule has 1 aliphatic rings. The lowest BCUT2D eigenvalue weighted by atomic mass is 9.93. The first-order valence-corrected chi connectivity index (χ1v) is 5.61. The van der Waals surface area contributed by atoms with Crippen LogP contribution in [0, 0.1) is 5.92 Å². The molecule has 66 valence electrons. The molecule has 3 heteroatoms. The van der Waals surface area contributed by atoms with Gasteiger partial charge in [0.1, 0.15) is 0 Å². The van der Waals surface area contributed by atoms with Crippen molar-refractivity contribution in [2.45, 2.75) is 18.9 Å². The molecule has 1 heterocycles. The van der Waals surface area contributed by atoms with E-state index in [-0.39, 0.29) is 6.10 Å². The second-order valence-corrected chi connectivity index (χ2v) is 4.02. The molecule has 0 amide bonds. The Balaban J connectivity index is 2.21. The Hall–Kier alpha value is 0.270. The van der Waals surface area contributed by atoms with Gasteiger partial charge in [0.15, 0.2) is 0 Å². The van der Waals surface area contributed by atoms with Crippen LogP contribution in [-0.4, -0.2) is 36.3 Å². The fourth-order valence-corrected chi connectivity index (χ4v) is 2.15. The van der Waals surface area contributed by atoms with Crippen LogP contribution in [0.25, 0.3) is 0 Å². The van der Waals surface area contributed by atoms with Gasteiger partial charge in [-0.05, 0) is 38.1 Å². The highest BCUT2D eigenvalue weighted by atomic mass is 32.2. The Morgan fingerprint density at radius 2 is 2.18 bits per heavy atom. The molecule has 1 atom stereocenters. The smallest absolute Gasteiger partial charge is 0.0659 e. The first-order chi connectivity index (χ1) is 5.34. The molecule has 1 rings (SSSR count). The third-order valence-electron chi connectivity index (χ3n) is 2.27. The Morgan fingerprint density at radius 1 is 1.55 bits per heavy atom. The molecule has 0 aromatic heterocycles. The van der Waals surface area contributed by atoms with Gasteiger partial charge < -0.3 is 10.4 Å². The Morgan fingerprint density at radius 3 is 2.73 bits per heavy atom. The zero-order chi connectivity index (χ0) is 8.10. The van der Waals surface area contributed by atoms with E-state index in [2.05, 4.69) is 5.32 Å². The van der Waals surface area contributed by atoms with Gasteiger partial charge in [-0.1, -0.05) is 0 Å². The maximum atomic E-state index is 9.63. The number of piperidine rings is 1. The van der Waals surface area contributed by atoms with Gasteiger partial charge in [0.2, 0.25) is 0 Å². The van der Waals surface area contributed by atoms with E-state index < -0.39 is 0 Å². The van der Waals surface area contributed by atoms with Crippen molar-refractivity contribution in [3.63, 3.8) is 0 Å². The molecule has 0 aromatic carbocycles. The average molecular weight is 175 g/mol. The van der Waals surface area contributed by atoms with Crippen molar-refractivity contribution in [3.8, 4) is 0 Å². The SMILES string of the molecule is CSCC(O)C1CCNCC1. The van der Waals surface area contributed by atoms with Crippen LogP contribution < -0.4 is 5.32 Å². The summed E-state index contributed by atoms with van der Waals surface area (Å²) in [4.78, 5) is 0. The monoisotopic (exact) mass is 175 g/mol. The predicted octanol–water partition coefficient (Wildman–Crippen LogP) is 0.710. The molecule has 1 saturated heterocycles. The molecule has 1 fully saturated rings. The maximum Gasteiger partial charge on any atom is 0.0659 e.